The Morgan fingerprint density at radius 3 is 3.08 bits per heavy atom. The number of aliphatic hydroxyl groups excluding tert-OH is 1. The van der Waals surface area contributed by atoms with Gasteiger partial charge in [0.05, 0.1) is 6.61 Å². The van der Waals surface area contributed by atoms with Crippen LogP contribution >= 0.6 is 0 Å². The van der Waals surface area contributed by atoms with E-state index >= 15 is 0 Å². The summed E-state index contributed by atoms with van der Waals surface area (Å²) in [6.07, 6.45) is 1.89. The van der Waals surface area contributed by atoms with Gasteiger partial charge in [0.2, 0.25) is 0 Å². The van der Waals surface area contributed by atoms with Gasteiger partial charge in [-0.25, -0.2) is 0 Å². The van der Waals surface area contributed by atoms with Crippen LogP contribution in [0.1, 0.15) is 12.0 Å². The van der Waals surface area contributed by atoms with Crippen molar-refractivity contribution in [2.45, 2.75) is 12.8 Å². The van der Waals surface area contributed by atoms with Gasteiger partial charge in [-0.3, -0.25) is 0 Å². The topological polar surface area (TPSA) is 29.5 Å². The van der Waals surface area contributed by atoms with Gasteiger partial charge in [-0.2, -0.15) is 0 Å². The Morgan fingerprint density at radius 2 is 2.23 bits per heavy atom. The van der Waals surface area contributed by atoms with Gasteiger partial charge in [-0.15, -0.1) is 0 Å². The van der Waals surface area contributed by atoms with E-state index in [1.54, 1.807) is 0 Å². The summed E-state index contributed by atoms with van der Waals surface area (Å²) in [5, 5.41) is 9.09. The first kappa shape index (κ1) is 8.57. The molecule has 1 atom stereocenters. The van der Waals surface area contributed by atoms with Gasteiger partial charge < -0.3 is 9.84 Å². The smallest absolute Gasteiger partial charge is 0.122 e. The number of hydrogen-bond acceptors (Lipinski definition) is 2. The summed E-state index contributed by atoms with van der Waals surface area (Å²) in [6, 6.07) is 8.07. The quantitative estimate of drug-likeness (QED) is 0.708. The van der Waals surface area contributed by atoms with Crippen LogP contribution < -0.4 is 4.74 Å². The SMILES string of the molecule is OC[C@@H]1CCOc2ccccc2C1. The Bertz CT molecular complexity index is 283. The second kappa shape index (κ2) is 3.79. The number of rotatable bonds is 1. The minimum Gasteiger partial charge on any atom is -0.493 e. The molecule has 1 heterocycles. The predicted molar refractivity (Wildman–Crippen MR) is 50.8 cm³/mol. The summed E-state index contributed by atoms with van der Waals surface area (Å²) >= 11 is 0. The molecule has 2 rings (SSSR count). The molecule has 0 bridgehead atoms. The van der Waals surface area contributed by atoms with Gasteiger partial charge in [0.15, 0.2) is 0 Å². The highest BCUT2D eigenvalue weighted by Crippen LogP contribution is 2.25. The lowest BCUT2D eigenvalue weighted by molar-refractivity contribution is 0.202. The molecule has 1 aliphatic heterocycles. The fourth-order valence-corrected chi connectivity index (χ4v) is 1.72. The molecule has 0 amide bonds. The zero-order valence-corrected chi connectivity index (χ0v) is 7.57. The second-order valence-electron chi connectivity index (χ2n) is 3.50. The Hall–Kier alpha value is -1.02. The molecule has 1 N–H and O–H groups in total. The molecular formula is C11H14O2. The lowest BCUT2D eigenvalue weighted by Crippen LogP contribution is -2.09. The lowest BCUT2D eigenvalue weighted by atomic mass is 9.98. The Balaban J connectivity index is 2.23. The first-order valence-corrected chi connectivity index (χ1v) is 4.71. The summed E-state index contributed by atoms with van der Waals surface area (Å²) in [7, 11) is 0. The number of benzene rings is 1. The Labute approximate surface area is 78.2 Å². The number of para-hydroxylation sites is 1. The van der Waals surface area contributed by atoms with E-state index in [1.807, 2.05) is 18.2 Å². The van der Waals surface area contributed by atoms with Crippen molar-refractivity contribution in [3.8, 4) is 5.75 Å². The maximum Gasteiger partial charge on any atom is 0.122 e. The lowest BCUT2D eigenvalue weighted by Gasteiger charge is -2.08. The molecule has 1 aliphatic rings. The van der Waals surface area contributed by atoms with Crippen molar-refractivity contribution in [2.75, 3.05) is 13.2 Å². The summed E-state index contributed by atoms with van der Waals surface area (Å²) in [4.78, 5) is 0. The van der Waals surface area contributed by atoms with Crippen LogP contribution in [0.15, 0.2) is 24.3 Å². The number of fused-ring (bicyclic) bond motifs is 1. The summed E-state index contributed by atoms with van der Waals surface area (Å²) in [6.45, 7) is 0.986. The molecule has 2 heteroatoms. The van der Waals surface area contributed by atoms with Crippen LogP contribution in [-0.4, -0.2) is 18.3 Å². The van der Waals surface area contributed by atoms with Crippen molar-refractivity contribution >= 4 is 0 Å². The molecule has 1 aromatic rings. The second-order valence-corrected chi connectivity index (χ2v) is 3.50. The highest BCUT2D eigenvalue weighted by atomic mass is 16.5. The van der Waals surface area contributed by atoms with Gasteiger partial charge in [0.1, 0.15) is 5.75 Å². The van der Waals surface area contributed by atoms with Crippen LogP contribution in [0.3, 0.4) is 0 Å². The molecule has 0 unspecified atom stereocenters. The molecule has 0 aromatic heterocycles. The number of hydrogen-bond donors (Lipinski definition) is 1. The summed E-state index contributed by atoms with van der Waals surface area (Å²) in [5.74, 6) is 1.35. The predicted octanol–water partition coefficient (Wildman–Crippen LogP) is 1.62. The maximum absolute atomic E-state index is 9.09. The zero-order valence-electron chi connectivity index (χ0n) is 7.57. The van der Waals surface area contributed by atoms with Crippen LogP contribution in [0.25, 0.3) is 0 Å². The van der Waals surface area contributed by atoms with Crippen molar-refractivity contribution in [3.63, 3.8) is 0 Å². The third-order valence-corrected chi connectivity index (χ3v) is 2.52. The highest BCUT2D eigenvalue weighted by molar-refractivity contribution is 5.34. The van der Waals surface area contributed by atoms with Gasteiger partial charge in [-0.05, 0) is 30.4 Å². The summed E-state index contributed by atoms with van der Waals surface area (Å²) in [5.41, 5.74) is 1.22. The van der Waals surface area contributed by atoms with Crippen molar-refractivity contribution in [1.82, 2.24) is 0 Å². The average molecular weight is 178 g/mol. The molecule has 0 saturated heterocycles. The van der Waals surface area contributed by atoms with Crippen LogP contribution in [0.2, 0.25) is 0 Å². The van der Waals surface area contributed by atoms with Crippen molar-refractivity contribution in [2.24, 2.45) is 5.92 Å². The minimum atomic E-state index is 0.262. The number of ether oxygens (including phenoxy) is 1. The molecule has 2 nitrogen and oxygen atoms in total. The first-order chi connectivity index (χ1) is 6.40. The molecule has 0 spiro atoms. The van der Waals surface area contributed by atoms with Crippen LogP contribution in [0.5, 0.6) is 5.75 Å². The average Bonchev–Trinajstić information content (AvgIpc) is 2.38. The van der Waals surface area contributed by atoms with E-state index in [1.165, 1.54) is 5.56 Å². The molecule has 0 aliphatic carbocycles. The monoisotopic (exact) mass is 178 g/mol. The van der Waals surface area contributed by atoms with E-state index in [0.717, 1.165) is 25.2 Å². The van der Waals surface area contributed by atoms with Gasteiger partial charge in [0.25, 0.3) is 0 Å². The molecule has 0 fully saturated rings. The largest absolute Gasteiger partial charge is 0.493 e. The molecule has 70 valence electrons. The Kier molecular flexibility index (Phi) is 2.50. The van der Waals surface area contributed by atoms with Crippen LogP contribution in [0, 0.1) is 5.92 Å². The molecule has 1 aromatic carbocycles. The molecular weight excluding hydrogens is 164 g/mol. The van der Waals surface area contributed by atoms with E-state index in [2.05, 4.69) is 6.07 Å². The van der Waals surface area contributed by atoms with E-state index in [9.17, 15) is 0 Å². The maximum atomic E-state index is 9.09. The van der Waals surface area contributed by atoms with Crippen LogP contribution in [-0.2, 0) is 6.42 Å². The normalized spacial score (nSPS) is 21.5. The fourth-order valence-electron chi connectivity index (χ4n) is 1.72. The highest BCUT2D eigenvalue weighted by Gasteiger charge is 2.15. The van der Waals surface area contributed by atoms with Gasteiger partial charge in [-0.1, -0.05) is 18.2 Å². The molecule has 0 radical (unpaired) electrons. The fraction of sp³-hybridized carbons (Fsp3) is 0.455. The third-order valence-electron chi connectivity index (χ3n) is 2.52. The van der Waals surface area contributed by atoms with Gasteiger partial charge in [0, 0.05) is 6.61 Å². The van der Waals surface area contributed by atoms with Crippen molar-refractivity contribution < 1.29 is 9.84 Å². The van der Waals surface area contributed by atoms with E-state index in [-0.39, 0.29) is 6.61 Å². The Morgan fingerprint density at radius 1 is 1.38 bits per heavy atom. The third kappa shape index (κ3) is 1.83. The van der Waals surface area contributed by atoms with E-state index < -0.39 is 0 Å². The minimum absolute atomic E-state index is 0.262. The van der Waals surface area contributed by atoms with Gasteiger partial charge >= 0.3 is 0 Å². The molecule has 13 heavy (non-hydrogen) atoms. The molecule has 0 saturated carbocycles. The van der Waals surface area contributed by atoms with Crippen LogP contribution in [0.4, 0.5) is 0 Å². The number of aliphatic hydroxyl groups is 1. The summed E-state index contributed by atoms with van der Waals surface area (Å²) < 4.78 is 5.57. The van der Waals surface area contributed by atoms with Crippen molar-refractivity contribution in [1.29, 1.82) is 0 Å². The van der Waals surface area contributed by atoms with E-state index in [0.29, 0.717) is 5.92 Å². The standard InChI is InChI=1S/C11H14O2/c12-8-9-5-6-13-11-4-2-1-3-10(11)7-9/h1-4,9,12H,5-8H2/t9-/m1/s1. The zero-order chi connectivity index (χ0) is 9.10. The van der Waals surface area contributed by atoms with Crippen molar-refractivity contribution in [3.05, 3.63) is 29.8 Å². The van der Waals surface area contributed by atoms with E-state index in [4.69, 9.17) is 9.84 Å². The first-order valence-electron chi connectivity index (χ1n) is 4.71.